The fourth-order valence-corrected chi connectivity index (χ4v) is 3.25. The normalized spacial score (nSPS) is 16.0. The van der Waals surface area contributed by atoms with E-state index in [-0.39, 0.29) is 37.1 Å². The minimum Gasteiger partial charge on any atom is -0.493 e. The van der Waals surface area contributed by atoms with E-state index in [1.54, 1.807) is 35.2 Å². The molecular formula is C21H22F2N2O5. The molecular weight excluding hydrogens is 398 g/mol. The number of hydrogen-bond donors (Lipinski definition) is 1. The highest BCUT2D eigenvalue weighted by molar-refractivity contribution is 6.00. The Balaban J connectivity index is 1.58. The number of anilines is 1. The molecule has 2 aromatic carbocycles. The van der Waals surface area contributed by atoms with Gasteiger partial charge in [-0.2, -0.15) is 8.78 Å². The number of halogens is 2. The van der Waals surface area contributed by atoms with Crippen LogP contribution in [0.5, 0.6) is 17.2 Å². The van der Waals surface area contributed by atoms with E-state index < -0.39 is 12.5 Å². The predicted molar refractivity (Wildman–Crippen MR) is 105 cm³/mol. The molecule has 7 nitrogen and oxygen atoms in total. The average molecular weight is 420 g/mol. The van der Waals surface area contributed by atoms with E-state index in [1.165, 1.54) is 26.4 Å². The molecule has 2 amide bonds. The maximum absolute atomic E-state index is 12.5. The van der Waals surface area contributed by atoms with E-state index in [1.807, 2.05) is 0 Å². The summed E-state index contributed by atoms with van der Waals surface area (Å²) in [6.07, 6.45) is 0.0986. The topological polar surface area (TPSA) is 77.1 Å². The van der Waals surface area contributed by atoms with Gasteiger partial charge in [-0.05, 0) is 29.8 Å². The van der Waals surface area contributed by atoms with E-state index in [0.717, 1.165) is 5.56 Å². The third-order valence-corrected chi connectivity index (χ3v) is 4.79. The van der Waals surface area contributed by atoms with Crippen molar-refractivity contribution in [2.45, 2.75) is 19.6 Å². The molecule has 1 atom stereocenters. The number of nitrogens with zero attached hydrogens (tertiary/aromatic N) is 1. The summed E-state index contributed by atoms with van der Waals surface area (Å²) >= 11 is 0. The Labute approximate surface area is 172 Å². The van der Waals surface area contributed by atoms with Gasteiger partial charge in [0.15, 0.2) is 11.5 Å². The molecule has 0 spiro atoms. The fourth-order valence-electron chi connectivity index (χ4n) is 3.25. The number of alkyl halides is 2. The molecule has 1 heterocycles. The molecule has 30 heavy (non-hydrogen) atoms. The van der Waals surface area contributed by atoms with Gasteiger partial charge in [-0.15, -0.1) is 0 Å². The van der Waals surface area contributed by atoms with Crippen LogP contribution in [0.4, 0.5) is 14.5 Å². The molecule has 1 fully saturated rings. The number of methoxy groups -OCH3 is 2. The summed E-state index contributed by atoms with van der Waals surface area (Å²) in [6, 6.07) is 11.1. The van der Waals surface area contributed by atoms with Crippen LogP contribution in [0, 0.1) is 5.92 Å². The smallest absolute Gasteiger partial charge is 0.387 e. The minimum absolute atomic E-state index is 0.0482. The van der Waals surface area contributed by atoms with Crippen LogP contribution in [0.15, 0.2) is 42.5 Å². The lowest BCUT2D eigenvalue weighted by Gasteiger charge is -2.18. The van der Waals surface area contributed by atoms with E-state index >= 15 is 0 Å². The molecule has 0 aromatic heterocycles. The average Bonchev–Trinajstić information content (AvgIpc) is 3.13. The van der Waals surface area contributed by atoms with Gasteiger partial charge >= 0.3 is 6.61 Å². The van der Waals surface area contributed by atoms with Crippen LogP contribution in [0.1, 0.15) is 12.0 Å². The molecule has 1 aliphatic heterocycles. The molecule has 1 N–H and O–H groups in total. The highest BCUT2D eigenvalue weighted by atomic mass is 19.3. The van der Waals surface area contributed by atoms with Crippen LogP contribution >= 0.6 is 0 Å². The van der Waals surface area contributed by atoms with Crippen LogP contribution in [-0.2, 0) is 16.1 Å². The zero-order valence-electron chi connectivity index (χ0n) is 16.6. The third kappa shape index (κ3) is 4.97. The zero-order valence-corrected chi connectivity index (χ0v) is 16.6. The summed E-state index contributed by atoms with van der Waals surface area (Å²) in [5.74, 6) is 0.191. The van der Waals surface area contributed by atoms with Gasteiger partial charge in [-0.3, -0.25) is 9.59 Å². The maximum atomic E-state index is 12.5. The van der Waals surface area contributed by atoms with Crippen molar-refractivity contribution in [1.29, 1.82) is 0 Å². The van der Waals surface area contributed by atoms with Gasteiger partial charge in [-0.25, -0.2) is 0 Å². The van der Waals surface area contributed by atoms with Crippen LogP contribution in [0.2, 0.25) is 0 Å². The molecule has 1 aliphatic rings. The summed E-state index contributed by atoms with van der Waals surface area (Å²) in [5.41, 5.74) is 1.36. The Bertz CT molecular complexity index is 905. The molecule has 1 saturated heterocycles. The van der Waals surface area contributed by atoms with Gasteiger partial charge in [0.05, 0.1) is 20.1 Å². The number of rotatable bonds is 8. The monoisotopic (exact) mass is 420 g/mol. The number of ether oxygens (including phenoxy) is 3. The molecule has 3 rings (SSSR count). The number of hydrogen-bond acceptors (Lipinski definition) is 5. The highest BCUT2D eigenvalue weighted by Crippen LogP contribution is 2.34. The lowest BCUT2D eigenvalue weighted by atomic mass is 10.1. The van der Waals surface area contributed by atoms with Crippen molar-refractivity contribution in [3.63, 3.8) is 0 Å². The minimum atomic E-state index is -2.89. The Hall–Kier alpha value is -3.36. The number of benzene rings is 2. The molecule has 0 radical (unpaired) electrons. The van der Waals surface area contributed by atoms with Crippen molar-refractivity contribution in [2.75, 3.05) is 25.7 Å². The Morgan fingerprint density at radius 3 is 2.47 bits per heavy atom. The molecule has 9 heteroatoms. The second kappa shape index (κ2) is 9.43. The first-order valence-corrected chi connectivity index (χ1v) is 9.25. The summed E-state index contributed by atoms with van der Waals surface area (Å²) in [7, 11) is 3.04. The summed E-state index contributed by atoms with van der Waals surface area (Å²) in [6.45, 7) is -2.42. The first-order valence-electron chi connectivity index (χ1n) is 9.25. The number of nitrogens with one attached hydrogen (secondary N) is 1. The molecule has 1 unspecified atom stereocenters. The van der Waals surface area contributed by atoms with Gasteiger partial charge in [-0.1, -0.05) is 12.1 Å². The lowest BCUT2D eigenvalue weighted by molar-refractivity contribution is -0.126. The van der Waals surface area contributed by atoms with Crippen molar-refractivity contribution in [2.24, 2.45) is 5.92 Å². The predicted octanol–water partition coefficient (Wildman–Crippen LogP) is 2.97. The second-order valence-corrected chi connectivity index (χ2v) is 6.68. The van der Waals surface area contributed by atoms with Gasteiger partial charge in [0.1, 0.15) is 5.75 Å². The molecule has 160 valence electrons. The van der Waals surface area contributed by atoms with Crippen LogP contribution < -0.4 is 24.4 Å². The van der Waals surface area contributed by atoms with E-state index in [2.05, 4.69) is 10.1 Å². The van der Waals surface area contributed by atoms with Crippen molar-refractivity contribution in [3.8, 4) is 17.2 Å². The first kappa shape index (κ1) is 21.4. The van der Waals surface area contributed by atoms with Crippen molar-refractivity contribution in [3.05, 3.63) is 48.0 Å². The maximum Gasteiger partial charge on any atom is 0.387 e. The van der Waals surface area contributed by atoms with Gasteiger partial charge in [0, 0.05) is 31.3 Å². The third-order valence-electron chi connectivity index (χ3n) is 4.79. The molecule has 0 bridgehead atoms. The van der Waals surface area contributed by atoms with Crippen LogP contribution in [0.3, 0.4) is 0 Å². The lowest BCUT2D eigenvalue weighted by Crippen LogP contribution is -2.32. The standard InChI is InChI=1S/C21H22F2N2O5/c1-28-17-8-5-15(10-18(17)29-2)25-12-14(9-19(25)26)20(27)24-11-13-3-6-16(7-4-13)30-21(22)23/h3-8,10,14,21H,9,11-12H2,1-2H3,(H,24,27). The number of carbonyl (C=O) groups is 2. The van der Waals surface area contributed by atoms with Crippen LogP contribution in [0.25, 0.3) is 0 Å². The molecule has 2 aromatic rings. The Morgan fingerprint density at radius 2 is 1.83 bits per heavy atom. The molecule has 0 saturated carbocycles. The number of carbonyl (C=O) groups excluding carboxylic acids is 2. The van der Waals surface area contributed by atoms with Crippen molar-refractivity contribution >= 4 is 17.5 Å². The Morgan fingerprint density at radius 1 is 1.13 bits per heavy atom. The number of amides is 2. The fraction of sp³-hybridized carbons (Fsp3) is 0.333. The quantitative estimate of drug-likeness (QED) is 0.711. The van der Waals surface area contributed by atoms with E-state index in [0.29, 0.717) is 17.2 Å². The van der Waals surface area contributed by atoms with Gasteiger partial charge in [0.25, 0.3) is 0 Å². The molecule has 0 aliphatic carbocycles. The van der Waals surface area contributed by atoms with Crippen LogP contribution in [-0.4, -0.2) is 39.2 Å². The van der Waals surface area contributed by atoms with E-state index in [4.69, 9.17) is 9.47 Å². The van der Waals surface area contributed by atoms with Crippen molar-refractivity contribution < 1.29 is 32.6 Å². The SMILES string of the molecule is COc1ccc(N2CC(C(=O)NCc3ccc(OC(F)F)cc3)CC2=O)cc1OC. The zero-order chi connectivity index (χ0) is 21.7. The van der Waals surface area contributed by atoms with Gasteiger partial charge < -0.3 is 24.4 Å². The first-order chi connectivity index (χ1) is 14.4. The summed E-state index contributed by atoms with van der Waals surface area (Å²) in [4.78, 5) is 26.5. The Kier molecular flexibility index (Phi) is 6.71. The summed E-state index contributed by atoms with van der Waals surface area (Å²) in [5, 5.41) is 2.78. The summed E-state index contributed by atoms with van der Waals surface area (Å²) < 4.78 is 39.1. The van der Waals surface area contributed by atoms with Crippen molar-refractivity contribution in [1.82, 2.24) is 5.32 Å². The van der Waals surface area contributed by atoms with Gasteiger partial charge in [0.2, 0.25) is 11.8 Å². The van der Waals surface area contributed by atoms with E-state index in [9.17, 15) is 18.4 Å². The highest BCUT2D eigenvalue weighted by Gasteiger charge is 2.35. The largest absolute Gasteiger partial charge is 0.493 e. The second-order valence-electron chi connectivity index (χ2n) is 6.68.